The van der Waals surface area contributed by atoms with Crippen LogP contribution in [0.3, 0.4) is 0 Å². The van der Waals surface area contributed by atoms with Gasteiger partial charge in [0.2, 0.25) is 5.91 Å². The van der Waals surface area contributed by atoms with Gasteiger partial charge in [0, 0.05) is 25.4 Å². The zero-order valence-electron chi connectivity index (χ0n) is 20.0. The number of carbonyl (C=O) groups excluding carboxylic acids is 1. The number of amides is 1. The van der Waals surface area contributed by atoms with Gasteiger partial charge < -0.3 is 9.84 Å². The molecular weight excluding hydrogens is 442 g/mol. The molecule has 2 aromatic heterocycles. The monoisotopic (exact) mass is 471 g/mol. The summed E-state index contributed by atoms with van der Waals surface area (Å²) in [4.78, 5) is 20.7. The predicted molar refractivity (Wildman–Crippen MR) is 133 cm³/mol. The summed E-state index contributed by atoms with van der Waals surface area (Å²) in [6, 6.07) is 8.53. The molecular formula is C26H29N7O2. The van der Waals surface area contributed by atoms with Gasteiger partial charge >= 0.3 is 0 Å². The van der Waals surface area contributed by atoms with Crippen molar-refractivity contribution in [3.05, 3.63) is 59.7 Å². The van der Waals surface area contributed by atoms with Crippen LogP contribution in [0.4, 0.5) is 0 Å². The van der Waals surface area contributed by atoms with E-state index in [2.05, 4.69) is 57.8 Å². The van der Waals surface area contributed by atoms with E-state index in [-0.39, 0.29) is 23.8 Å². The Hall–Kier alpha value is -3.88. The minimum Gasteiger partial charge on any atom is -0.358 e. The Morgan fingerprint density at radius 2 is 2.06 bits per heavy atom. The first kappa shape index (κ1) is 22.9. The maximum atomic E-state index is 11.6. The first-order chi connectivity index (χ1) is 17.0. The van der Waals surface area contributed by atoms with E-state index in [1.807, 2.05) is 6.21 Å². The molecule has 1 saturated carbocycles. The van der Waals surface area contributed by atoms with Crippen molar-refractivity contribution in [2.24, 2.45) is 10.9 Å². The smallest absolute Gasteiger partial charge is 0.261 e. The lowest BCUT2D eigenvalue weighted by Gasteiger charge is -2.39. The maximum absolute atomic E-state index is 11.6. The van der Waals surface area contributed by atoms with Crippen LogP contribution in [0.15, 0.2) is 52.3 Å². The fraction of sp³-hybridized carbons (Fsp3) is 0.385. The second kappa shape index (κ2) is 9.40. The van der Waals surface area contributed by atoms with E-state index in [1.54, 1.807) is 24.1 Å². The number of likely N-dealkylation sites (N-methyl/N-ethyl adjacent to an activating group) is 1. The Kier molecular flexibility index (Phi) is 6.15. The molecule has 1 fully saturated rings. The van der Waals surface area contributed by atoms with Crippen LogP contribution < -0.4 is 5.32 Å². The molecule has 1 unspecified atom stereocenters. The van der Waals surface area contributed by atoms with Crippen LogP contribution in [-0.4, -0.2) is 44.9 Å². The fourth-order valence-corrected chi connectivity index (χ4v) is 4.71. The van der Waals surface area contributed by atoms with Crippen LogP contribution in [0.1, 0.15) is 56.0 Å². The van der Waals surface area contributed by atoms with Crippen molar-refractivity contribution in [2.45, 2.75) is 51.0 Å². The molecule has 3 heterocycles. The molecule has 2 aliphatic rings. The fourth-order valence-electron chi connectivity index (χ4n) is 4.71. The molecule has 1 atom stereocenters. The zero-order chi connectivity index (χ0) is 24.4. The zero-order valence-corrected chi connectivity index (χ0v) is 20.0. The minimum atomic E-state index is -0.264. The number of aromatic nitrogens is 4. The Morgan fingerprint density at radius 3 is 2.74 bits per heavy atom. The third-order valence-electron chi connectivity index (χ3n) is 7.14. The van der Waals surface area contributed by atoms with E-state index >= 15 is 0 Å². The summed E-state index contributed by atoms with van der Waals surface area (Å²) in [6.45, 7) is 2.23. The third kappa shape index (κ3) is 4.34. The second-order valence-electron chi connectivity index (χ2n) is 9.18. The second-order valence-corrected chi connectivity index (χ2v) is 9.18. The largest absolute Gasteiger partial charge is 0.358 e. The molecule has 2 N–H and O–H groups in total. The van der Waals surface area contributed by atoms with Gasteiger partial charge in [0.15, 0.2) is 5.82 Å². The molecule has 0 spiro atoms. The van der Waals surface area contributed by atoms with Crippen molar-refractivity contribution in [3.8, 4) is 11.5 Å². The van der Waals surface area contributed by atoms with Crippen molar-refractivity contribution in [1.29, 1.82) is 5.41 Å². The Bertz CT molecular complexity index is 1300. The number of benzene rings is 1. The van der Waals surface area contributed by atoms with Crippen molar-refractivity contribution >= 4 is 23.5 Å². The quantitative estimate of drug-likeness (QED) is 0.539. The van der Waals surface area contributed by atoms with Crippen molar-refractivity contribution in [2.75, 3.05) is 7.05 Å². The molecule has 0 bridgehead atoms. The van der Waals surface area contributed by atoms with E-state index in [0.29, 0.717) is 23.1 Å². The molecule has 35 heavy (non-hydrogen) atoms. The predicted octanol–water partition coefficient (Wildman–Crippen LogP) is 4.01. The van der Waals surface area contributed by atoms with Crippen LogP contribution >= 0.6 is 0 Å². The lowest BCUT2D eigenvalue weighted by Crippen LogP contribution is -2.36. The van der Waals surface area contributed by atoms with Gasteiger partial charge in [-0.05, 0) is 42.4 Å². The summed E-state index contributed by atoms with van der Waals surface area (Å²) >= 11 is 0. The summed E-state index contributed by atoms with van der Waals surface area (Å²) in [7, 11) is 1.59. The highest BCUT2D eigenvalue weighted by Gasteiger charge is 2.44. The first-order valence-electron chi connectivity index (χ1n) is 12.0. The molecule has 0 radical (unpaired) electrons. The Balaban J connectivity index is 1.37. The average molecular weight is 472 g/mol. The van der Waals surface area contributed by atoms with Gasteiger partial charge in [-0.15, -0.1) is 0 Å². The SMILES string of the molecule is CCC1CC=C(c2ccc(C3(c4noc(-c5cnn(CC(=O)NC)c5)n4)CCC3)cc2)C=NC1=N. The number of hydrogen-bond acceptors (Lipinski definition) is 6. The molecule has 1 amide bonds. The van der Waals surface area contributed by atoms with Gasteiger partial charge in [-0.3, -0.25) is 14.9 Å². The van der Waals surface area contributed by atoms with Gasteiger partial charge in [0.1, 0.15) is 12.4 Å². The normalized spacial score (nSPS) is 19.1. The van der Waals surface area contributed by atoms with Gasteiger partial charge in [0.25, 0.3) is 5.89 Å². The lowest BCUT2D eigenvalue weighted by atomic mass is 9.64. The summed E-state index contributed by atoms with van der Waals surface area (Å²) in [5.41, 5.74) is 3.73. The standard InChI is InChI=1S/C26H29N7O2/c1-3-17-5-6-19(13-29-23(17)27)18-7-9-21(10-8-18)26(11-4-12-26)25-31-24(35-32-25)20-14-30-33(15-20)16-22(34)28-2/h6-10,13-15,17,27H,3-5,11-12,16H2,1-2H3,(H,28,34). The van der Waals surface area contributed by atoms with Gasteiger partial charge in [0.05, 0.1) is 17.2 Å². The number of carbonyl (C=O) groups is 1. The summed E-state index contributed by atoms with van der Waals surface area (Å²) in [6.07, 6.45) is 12.1. The average Bonchev–Trinajstić information content (AvgIpc) is 3.47. The van der Waals surface area contributed by atoms with Crippen LogP contribution in [0.5, 0.6) is 0 Å². The molecule has 180 valence electrons. The molecule has 9 nitrogen and oxygen atoms in total. The highest BCUT2D eigenvalue weighted by atomic mass is 16.5. The maximum Gasteiger partial charge on any atom is 0.261 e. The van der Waals surface area contributed by atoms with Crippen molar-refractivity contribution in [1.82, 2.24) is 25.2 Å². The van der Waals surface area contributed by atoms with E-state index in [0.717, 1.165) is 43.2 Å². The van der Waals surface area contributed by atoms with E-state index < -0.39 is 0 Å². The Labute approximate surface area is 203 Å². The molecule has 9 heteroatoms. The molecule has 1 aliphatic carbocycles. The summed E-state index contributed by atoms with van der Waals surface area (Å²) < 4.78 is 7.15. The van der Waals surface area contributed by atoms with Crippen LogP contribution in [0.2, 0.25) is 0 Å². The van der Waals surface area contributed by atoms with Gasteiger partial charge in [-0.1, -0.05) is 48.8 Å². The number of aliphatic imine (C=N–C) groups is 1. The third-order valence-corrected chi connectivity index (χ3v) is 7.14. The highest BCUT2D eigenvalue weighted by molar-refractivity contribution is 6.14. The Morgan fingerprint density at radius 1 is 1.26 bits per heavy atom. The minimum absolute atomic E-state index is 0.128. The summed E-state index contributed by atoms with van der Waals surface area (Å²) in [5, 5.41) is 19.3. The number of amidine groups is 1. The molecule has 3 aromatic rings. The van der Waals surface area contributed by atoms with Gasteiger partial charge in [-0.25, -0.2) is 4.99 Å². The van der Waals surface area contributed by atoms with Crippen molar-refractivity contribution in [3.63, 3.8) is 0 Å². The molecule has 5 rings (SSSR count). The molecule has 1 aliphatic heterocycles. The molecule has 0 saturated heterocycles. The molecule has 1 aromatic carbocycles. The number of hydrogen-bond donors (Lipinski definition) is 2. The van der Waals surface area contributed by atoms with E-state index in [9.17, 15) is 4.79 Å². The number of nitrogens with one attached hydrogen (secondary N) is 2. The number of nitrogens with zero attached hydrogens (tertiary/aromatic N) is 5. The lowest BCUT2D eigenvalue weighted by molar-refractivity contribution is -0.121. The van der Waals surface area contributed by atoms with Gasteiger partial charge in [-0.2, -0.15) is 10.1 Å². The topological polar surface area (TPSA) is 122 Å². The highest BCUT2D eigenvalue weighted by Crippen LogP contribution is 2.48. The van der Waals surface area contributed by atoms with Crippen LogP contribution in [-0.2, 0) is 16.8 Å². The number of allylic oxidation sites excluding steroid dienone is 2. The van der Waals surface area contributed by atoms with E-state index in [4.69, 9.17) is 14.9 Å². The summed E-state index contributed by atoms with van der Waals surface area (Å²) in [5.74, 6) is 1.59. The van der Waals surface area contributed by atoms with Crippen LogP contribution in [0.25, 0.3) is 17.0 Å². The van der Waals surface area contributed by atoms with E-state index in [1.165, 1.54) is 5.56 Å². The first-order valence-corrected chi connectivity index (χ1v) is 12.0. The number of rotatable bonds is 7. The van der Waals surface area contributed by atoms with Crippen LogP contribution in [0, 0.1) is 11.3 Å². The van der Waals surface area contributed by atoms with Crippen molar-refractivity contribution < 1.29 is 9.32 Å².